The molecule has 2 rings (SSSR count). The molecule has 1 heterocycles. The van der Waals surface area contributed by atoms with E-state index in [4.69, 9.17) is 11.6 Å². The van der Waals surface area contributed by atoms with Crippen LogP contribution in [0.1, 0.15) is 43.5 Å². The molecule has 0 radical (unpaired) electrons. The quantitative estimate of drug-likeness (QED) is 0.795. The summed E-state index contributed by atoms with van der Waals surface area (Å²) in [5, 5.41) is 3.00. The van der Waals surface area contributed by atoms with E-state index in [0.717, 1.165) is 37.3 Å². The minimum Gasteiger partial charge on any atom is -0.352 e. The number of carbonyl (C=O) groups excluding carboxylic acids is 1. The van der Waals surface area contributed by atoms with Crippen molar-refractivity contribution in [2.75, 3.05) is 26.2 Å². The monoisotopic (exact) mass is 340 g/mol. The van der Waals surface area contributed by atoms with E-state index in [-0.39, 0.29) is 10.9 Å². The van der Waals surface area contributed by atoms with Crippen molar-refractivity contribution in [1.29, 1.82) is 0 Å². The summed E-state index contributed by atoms with van der Waals surface area (Å²) < 4.78 is 13.0. The maximum atomic E-state index is 13.0. The van der Waals surface area contributed by atoms with E-state index < -0.39 is 5.82 Å². The molecular weight excluding hydrogens is 315 g/mol. The number of unbranched alkanes of at least 4 members (excludes halogenated alkanes) is 1. The lowest BCUT2D eigenvalue weighted by Gasteiger charge is -2.34. The zero-order valence-corrected chi connectivity index (χ0v) is 14.7. The van der Waals surface area contributed by atoms with Crippen molar-refractivity contribution in [3.8, 4) is 0 Å². The summed E-state index contributed by atoms with van der Waals surface area (Å²) in [4.78, 5) is 14.5. The lowest BCUT2D eigenvalue weighted by Crippen LogP contribution is -2.39. The number of likely N-dealkylation sites (tertiary alicyclic amines) is 1. The topological polar surface area (TPSA) is 32.3 Å². The summed E-state index contributed by atoms with van der Waals surface area (Å²) in [5.41, 5.74) is 0.326. The Kier molecular flexibility index (Phi) is 6.85. The molecule has 0 aliphatic carbocycles. The minimum absolute atomic E-state index is 0.152. The number of amides is 1. The van der Waals surface area contributed by atoms with Gasteiger partial charge in [-0.05, 0) is 55.8 Å². The van der Waals surface area contributed by atoms with Gasteiger partial charge in [0.2, 0.25) is 0 Å². The molecule has 2 unspecified atom stereocenters. The predicted octanol–water partition coefficient (Wildman–Crippen LogP) is 3.97. The number of hydrogen-bond acceptors (Lipinski definition) is 2. The summed E-state index contributed by atoms with van der Waals surface area (Å²) in [5.74, 6) is 0.880. The first kappa shape index (κ1) is 18.2. The molecule has 1 aromatic carbocycles. The summed E-state index contributed by atoms with van der Waals surface area (Å²) in [7, 11) is 0. The lowest BCUT2D eigenvalue weighted by atomic mass is 9.92. The molecule has 0 saturated carbocycles. The summed E-state index contributed by atoms with van der Waals surface area (Å²) >= 11 is 5.89. The molecule has 1 aliphatic heterocycles. The van der Waals surface area contributed by atoms with Gasteiger partial charge < -0.3 is 10.2 Å². The van der Waals surface area contributed by atoms with Gasteiger partial charge in [0.15, 0.2) is 0 Å². The van der Waals surface area contributed by atoms with E-state index in [9.17, 15) is 9.18 Å². The standard InChI is InChI=1S/C18H26ClFN2O/c1-13-9-14(2)12-22(11-13)8-4-3-7-21-18(23)16-6-5-15(20)10-17(16)19/h5-6,10,13-14H,3-4,7-9,11-12H2,1-2H3,(H,21,23). The second-order valence-electron chi connectivity index (χ2n) is 6.79. The molecular formula is C18H26ClFN2O. The van der Waals surface area contributed by atoms with E-state index in [1.807, 2.05) is 0 Å². The van der Waals surface area contributed by atoms with E-state index in [2.05, 4.69) is 24.1 Å². The van der Waals surface area contributed by atoms with Gasteiger partial charge in [0.05, 0.1) is 10.6 Å². The van der Waals surface area contributed by atoms with E-state index in [0.29, 0.717) is 12.1 Å². The highest BCUT2D eigenvalue weighted by molar-refractivity contribution is 6.33. The Hall–Kier alpha value is -1.13. The smallest absolute Gasteiger partial charge is 0.252 e. The molecule has 1 aromatic rings. The van der Waals surface area contributed by atoms with Crippen LogP contribution in [0.4, 0.5) is 4.39 Å². The first-order valence-electron chi connectivity index (χ1n) is 8.41. The first-order chi connectivity index (χ1) is 11.0. The largest absolute Gasteiger partial charge is 0.352 e. The number of rotatable bonds is 6. The van der Waals surface area contributed by atoms with Gasteiger partial charge >= 0.3 is 0 Å². The molecule has 1 fully saturated rings. The molecule has 0 bridgehead atoms. The third-order valence-corrected chi connectivity index (χ3v) is 4.62. The fourth-order valence-electron chi connectivity index (χ4n) is 3.41. The van der Waals surface area contributed by atoms with Crippen LogP contribution < -0.4 is 5.32 Å². The third-order valence-electron chi connectivity index (χ3n) is 4.31. The van der Waals surface area contributed by atoms with Crippen LogP contribution in [0.15, 0.2) is 18.2 Å². The maximum Gasteiger partial charge on any atom is 0.252 e. The Morgan fingerprint density at radius 2 is 2.00 bits per heavy atom. The molecule has 0 aromatic heterocycles. The van der Waals surface area contributed by atoms with Crippen molar-refractivity contribution < 1.29 is 9.18 Å². The van der Waals surface area contributed by atoms with Gasteiger partial charge in [0.25, 0.3) is 5.91 Å². The summed E-state index contributed by atoms with van der Waals surface area (Å²) in [6.45, 7) is 8.70. The van der Waals surface area contributed by atoms with Gasteiger partial charge in [0.1, 0.15) is 5.82 Å². The fourth-order valence-corrected chi connectivity index (χ4v) is 3.66. The van der Waals surface area contributed by atoms with Crippen molar-refractivity contribution in [1.82, 2.24) is 10.2 Å². The van der Waals surface area contributed by atoms with Crippen LogP contribution in [0.5, 0.6) is 0 Å². The van der Waals surface area contributed by atoms with E-state index in [1.165, 1.54) is 31.6 Å². The van der Waals surface area contributed by atoms with Gasteiger partial charge in [-0.25, -0.2) is 4.39 Å². The number of nitrogens with one attached hydrogen (secondary N) is 1. The number of piperidine rings is 1. The Morgan fingerprint density at radius 1 is 1.30 bits per heavy atom. The maximum absolute atomic E-state index is 13.0. The Balaban J connectivity index is 1.66. The van der Waals surface area contributed by atoms with Crippen molar-refractivity contribution in [3.05, 3.63) is 34.6 Å². The molecule has 23 heavy (non-hydrogen) atoms. The number of halogens is 2. The molecule has 5 heteroatoms. The van der Waals surface area contributed by atoms with Crippen molar-refractivity contribution in [3.63, 3.8) is 0 Å². The zero-order chi connectivity index (χ0) is 16.8. The molecule has 3 nitrogen and oxygen atoms in total. The van der Waals surface area contributed by atoms with Gasteiger partial charge in [-0.3, -0.25) is 4.79 Å². The normalized spacial score (nSPS) is 22.1. The average molecular weight is 341 g/mol. The van der Waals surface area contributed by atoms with Gasteiger partial charge in [0, 0.05) is 19.6 Å². The number of hydrogen-bond donors (Lipinski definition) is 1. The Labute approximate surface area is 143 Å². The fraction of sp³-hybridized carbons (Fsp3) is 0.611. The third kappa shape index (κ3) is 5.78. The number of nitrogens with zero attached hydrogens (tertiary/aromatic N) is 1. The summed E-state index contributed by atoms with van der Waals surface area (Å²) in [6.07, 6.45) is 3.33. The highest BCUT2D eigenvalue weighted by Crippen LogP contribution is 2.21. The van der Waals surface area contributed by atoms with Gasteiger partial charge in [-0.2, -0.15) is 0 Å². The van der Waals surface area contributed by atoms with Crippen LogP contribution in [-0.2, 0) is 0 Å². The molecule has 2 atom stereocenters. The molecule has 1 saturated heterocycles. The van der Waals surface area contributed by atoms with Crippen molar-refractivity contribution in [2.24, 2.45) is 11.8 Å². The van der Waals surface area contributed by atoms with Crippen LogP contribution in [0.25, 0.3) is 0 Å². The summed E-state index contributed by atoms with van der Waals surface area (Å²) in [6, 6.07) is 3.83. The first-order valence-corrected chi connectivity index (χ1v) is 8.79. The van der Waals surface area contributed by atoms with Crippen LogP contribution in [0.3, 0.4) is 0 Å². The molecule has 1 amide bonds. The minimum atomic E-state index is -0.434. The Morgan fingerprint density at radius 3 is 2.65 bits per heavy atom. The number of carbonyl (C=O) groups is 1. The van der Waals surface area contributed by atoms with E-state index in [1.54, 1.807) is 0 Å². The molecule has 1 aliphatic rings. The van der Waals surface area contributed by atoms with Crippen molar-refractivity contribution in [2.45, 2.75) is 33.1 Å². The lowest BCUT2D eigenvalue weighted by molar-refractivity contribution is 0.0951. The van der Waals surface area contributed by atoms with E-state index >= 15 is 0 Å². The highest BCUT2D eigenvalue weighted by Gasteiger charge is 2.21. The predicted molar refractivity (Wildman–Crippen MR) is 92.4 cm³/mol. The second-order valence-corrected chi connectivity index (χ2v) is 7.20. The SMILES string of the molecule is CC1CC(C)CN(CCCCNC(=O)c2ccc(F)cc2Cl)C1. The second kappa shape index (κ2) is 8.65. The molecule has 0 spiro atoms. The average Bonchev–Trinajstić information content (AvgIpc) is 2.45. The zero-order valence-electron chi connectivity index (χ0n) is 13.9. The molecule has 128 valence electrons. The van der Waals surface area contributed by atoms with Crippen LogP contribution in [-0.4, -0.2) is 37.0 Å². The Bertz CT molecular complexity index is 528. The van der Waals surface area contributed by atoms with Crippen LogP contribution >= 0.6 is 11.6 Å². The van der Waals surface area contributed by atoms with Gasteiger partial charge in [-0.15, -0.1) is 0 Å². The highest BCUT2D eigenvalue weighted by atomic mass is 35.5. The number of benzene rings is 1. The molecule has 1 N–H and O–H groups in total. The van der Waals surface area contributed by atoms with Gasteiger partial charge in [-0.1, -0.05) is 25.4 Å². The van der Waals surface area contributed by atoms with Crippen LogP contribution in [0.2, 0.25) is 5.02 Å². The van der Waals surface area contributed by atoms with Crippen molar-refractivity contribution >= 4 is 17.5 Å². The van der Waals surface area contributed by atoms with Crippen LogP contribution in [0, 0.1) is 17.7 Å².